The average Bonchev–Trinajstić information content (AvgIpc) is 2.76. The van der Waals surface area contributed by atoms with Crippen molar-refractivity contribution in [2.24, 2.45) is 0 Å². The van der Waals surface area contributed by atoms with Crippen molar-refractivity contribution in [3.05, 3.63) is 41.9 Å². The maximum atomic E-state index is 9.38. The quantitative estimate of drug-likeness (QED) is 0.716. The Morgan fingerprint density at radius 2 is 2.18 bits per heavy atom. The number of phenols is 1. The number of nitrogens with zero attached hydrogens (tertiary/aromatic N) is 2. The molecule has 0 unspecified atom stereocenters. The van der Waals surface area contributed by atoms with Crippen LogP contribution in [0.4, 0.5) is 0 Å². The minimum Gasteiger partial charge on any atom is -0.508 e. The number of rotatable bonds is 2. The molecule has 0 aliphatic rings. The van der Waals surface area contributed by atoms with Crippen molar-refractivity contribution in [2.75, 3.05) is 0 Å². The summed E-state index contributed by atoms with van der Waals surface area (Å²) in [5.74, 6) is 0.257. The van der Waals surface area contributed by atoms with Crippen molar-refractivity contribution < 1.29 is 5.11 Å². The summed E-state index contributed by atoms with van der Waals surface area (Å²) < 4.78 is 0. The molecule has 1 N–H and O–H groups in total. The normalized spacial score (nSPS) is 10.8. The molecule has 0 bridgehead atoms. The second-order valence-corrected chi connectivity index (χ2v) is 5.37. The van der Waals surface area contributed by atoms with E-state index in [1.54, 1.807) is 29.5 Å². The zero-order valence-electron chi connectivity index (χ0n) is 8.70. The molecule has 1 aromatic carbocycles. The van der Waals surface area contributed by atoms with Crippen LogP contribution in [0.1, 0.15) is 0 Å². The summed E-state index contributed by atoms with van der Waals surface area (Å²) in [5, 5.41) is 13.1. The third kappa shape index (κ3) is 2.25. The second-order valence-electron chi connectivity index (χ2n) is 3.43. The first-order valence-electron chi connectivity index (χ1n) is 4.98. The SMILES string of the molecule is Oc1cccc(Sc2ncc3ccsc3n2)c1. The van der Waals surface area contributed by atoms with Gasteiger partial charge in [-0.25, -0.2) is 9.97 Å². The zero-order chi connectivity index (χ0) is 11.7. The van der Waals surface area contributed by atoms with Gasteiger partial charge in [-0.2, -0.15) is 0 Å². The van der Waals surface area contributed by atoms with Crippen LogP contribution < -0.4 is 0 Å². The highest BCUT2D eigenvalue weighted by Gasteiger charge is 2.03. The van der Waals surface area contributed by atoms with E-state index in [2.05, 4.69) is 9.97 Å². The van der Waals surface area contributed by atoms with Crippen molar-refractivity contribution in [3.63, 3.8) is 0 Å². The molecule has 2 aromatic heterocycles. The summed E-state index contributed by atoms with van der Waals surface area (Å²) in [6.07, 6.45) is 1.82. The van der Waals surface area contributed by atoms with Gasteiger partial charge >= 0.3 is 0 Å². The predicted octanol–water partition coefficient (Wildman–Crippen LogP) is 3.55. The molecular formula is C12H8N2OS2. The van der Waals surface area contributed by atoms with Crippen LogP contribution in [0, 0.1) is 0 Å². The zero-order valence-corrected chi connectivity index (χ0v) is 10.3. The van der Waals surface area contributed by atoms with Crippen LogP contribution in [0.2, 0.25) is 0 Å². The monoisotopic (exact) mass is 260 g/mol. The van der Waals surface area contributed by atoms with Gasteiger partial charge in [-0.15, -0.1) is 11.3 Å². The second kappa shape index (κ2) is 4.35. The van der Waals surface area contributed by atoms with Crippen LogP contribution in [0.5, 0.6) is 5.75 Å². The minimum absolute atomic E-state index is 0.257. The van der Waals surface area contributed by atoms with Crippen molar-refractivity contribution in [2.45, 2.75) is 10.1 Å². The Hall–Kier alpha value is -1.59. The average molecular weight is 260 g/mol. The van der Waals surface area contributed by atoms with E-state index in [0.717, 1.165) is 15.1 Å². The first kappa shape index (κ1) is 10.6. The third-order valence-corrected chi connectivity index (χ3v) is 3.90. The lowest BCUT2D eigenvalue weighted by Gasteiger charge is -2.00. The highest BCUT2D eigenvalue weighted by molar-refractivity contribution is 7.99. The number of hydrogen-bond acceptors (Lipinski definition) is 5. The molecule has 0 saturated carbocycles. The van der Waals surface area contributed by atoms with E-state index in [1.807, 2.05) is 23.7 Å². The molecule has 0 aliphatic heterocycles. The smallest absolute Gasteiger partial charge is 0.193 e. The van der Waals surface area contributed by atoms with E-state index in [9.17, 15) is 5.11 Å². The number of benzene rings is 1. The van der Waals surface area contributed by atoms with Crippen molar-refractivity contribution >= 4 is 33.3 Å². The molecule has 0 radical (unpaired) electrons. The van der Waals surface area contributed by atoms with Crippen molar-refractivity contribution in [1.82, 2.24) is 9.97 Å². The molecule has 0 aliphatic carbocycles. The van der Waals surface area contributed by atoms with E-state index in [1.165, 1.54) is 11.8 Å². The maximum absolute atomic E-state index is 9.38. The number of thiophene rings is 1. The fraction of sp³-hybridized carbons (Fsp3) is 0. The molecule has 3 rings (SSSR count). The Labute approximate surface area is 106 Å². The lowest BCUT2D eigenvalue weighted by atomic mass is 10.3. The molecule has 0 atom stereocenters. The van der Waals surface area contributed by atoms with Crippen LogP contribution in [0.15, 0.2) is 52.0 Å². The van der Waals surface area contributed by atoms with Gasteiger partial charge in [0, 0.05) is 16.5 Å². The van der Waals surface area contributed by atoms with Crippen LogP contribution in [-0.2, 0) is 0 Å². The number of phenolic OH excluding ortho intramolecular Hbond substituents is 1. The standard InChI is InChI=1S/C12H8N2OS2/c15-9-2-1-3-10(6-9)17-12-13-7-8-4-5-16-11(8)14-12/h1-7,15H. The molecule has 2 heterocycles. The van der Waals surface area contributed by atoms with Gasteiger partial charge in [0.2, 0.25) is 0 Å². The van der Waals surface area contributed by atoms with Gasteiger partial charge in [0.1, 0.15) is 10.6 Å². The van der Waals surface area contributed by atoms with E-state index < -0.39 is 0 Å². The molecule has 0 amide bonds. The molecular weight excluding hydrogens is 252 g/mol. The van der Waals surface area contributed by atoms with Gasteiger partial charge in [-0.1, -0.05) is 6.07 Å². The highest BCUT2D eigenvalue weighted by atomic mass is 32.2. The fourth-order valence-electron chi connectivity index (χ4n) is 1.44. The van der Waals surface area contributed by atoms with Gasteiger partial charge in [0.25, 0.3) is 0 Å². The van der Waals surface area contributed by atoms with Gasteiger partial charge in [0.05, 0.1) is 0 Å². The van der Waals surface area contributed by atoms with Crippen LogP contribution in [0.25, 0.3) is 10.2 Å². The fourth-order valence-corrected chi connectivity index (χ4v) is 3.02. The molecule has 0 saturated heterocycles. The summed E-state index contributed by atoms with van der Waals surface area (Å²) in [5.41, 5.74) is 0. The molecule has 84 valence electrons. The van der Waals surface area contributed by atoms with E-state index >= 15 is 0 Å². The number of fused-ring (bicyclic) bond motifs is 1. The van der Waals surface area contributed by atoms with Gasteiger partial charge in [0.15, 0.2) is 5.16 Å². The topological polar surface area (TPSA) is 46.0 Å². The van der Waals surface area contributed by atoms with E-state index in [4.69, 9.17) is 0 Å². The minimum atomic E-state index is 0.257. The molecule has 5 heteroatoms. The summed E-state index contributed by atoms with van der Waals surface area (Å²) in [7, 11) is 0. The Bertz CT molecular complexity index is 666. The van der Waals surface area contributed by atoms with Crippen molar-refractivity contribution in [3.8, 4) is 5.75 Å². The highest BCUT2D eigenvalue weighted by Crippen LogP contribution is 2.28. The largest absolute Gasteiger partial charge is 0.508 e. The molecule has 0 spiro atoms. The van der Waals surface area contributed by atoms with Crippen LogP contribution in [-0.4, -0.2) is 15.1 Å². The Morgan fingerprint density at radius 1 is 1.24 bits per heavy atom. The number of aromatic nitrogens is 2. The first-order chi connectivity index (χ1) is 8.31. The summed E-state index contributed by atoms with van der Waals surface area (Å²) >= 11 is 3.05. The molecule has 3 aromatic rings. The lowest BCUT2D eigenvalue weighted by molar-refractivity contribution is 0.474. The van der Waals surface area contributed by atoms with Crippen LogP contribution in [0.3, 0.4) is 0 Å². The molecule has 17 heavy (non-hydrogen) atoms. The molecule has 3 nitrogen and oxygen atoms in total. The number of hydrogen-bond donors (Lipinski definition) is 1. The van der Waals surface area contributed by atoms with Gasteiger partial charge < -0.3 is 5.11 Å². The molecule has 0 fully saturated rings. The Kier molecular flexibility index (Phi) is 2.70. The van der Waals surface area contributed by atoms with E-state index in [0.29, 0.717) is 5.16 Å². The lowest BCUT2D eigenvalue weighted by Crippen LogP contribution is -1.84. The third-order valence-electron chi connectivity index (χ3n) is 2.21. The maximum Gasteiger partial charge on any atom is 0.193 e. The van der Waals surface area contributed by atoms with Gasteiger partial charge in [-0.05, 0) is 41.4 Å². The first-order valence-corrected chi connectivity index (χ1v) is 6.68. The van der Waals surface area contributed by atoms with E-state index in [-0.39, 0.29) is 5.75 Å². The summed E-state index contributed by atoms with van der Waals surface area (Å²) in [6.45, 7) is 0. The van der Waals surface area contributed by atoms with Gasteiger partial charge in [-0.3, -0.25) is 0 Å². The van der Waals surface area contributed by atoms with Crippen molar-refractivity contribution in [1.29, 1.82) is 0 Å². The predicted molar refractivity (Wildman–Crippen MR) is 69.6 cm³/mol. The number of aromatic hydroxyl groups is 1. The van der Waals surface area contributed by atoms with Crippen LogP contribution >= 0.6 is 23.1 Å². The summed E-state index contributed by atoms with van der Waals surface area (Å²) in [4.78, 5) is 10.6. The Morgan fingerprint density at radius 3 is 3.06 bits per heavy atom. The summed E-state index contributed by atoms with van der Waals surface area (Å²) in [6, 6.07) is 9.08. The Balaban J connectivity index is 1.94.